The quantitative estimate of drug-likeness (QED) is 0.409. The number of fused-ring (bicyclic) bond motifs is 1. The van der Waals surface area contributed by atoms with Gasteiger partial charge in [0.1, 0.15) is 0 Å². The first-order valence-corrected chi connectivity index (χ1v) is 9.34. The number of aryl methyl sites for hydroxylation is 2. The molecule has 0 saturated heterocycles. The van der Waals surface area contributed by atoms with Gasteiger partial charge in [-0.05, 0) is 47.7 Å². The number of benzene rings is 4. The minimum Gasteiger partial charge on any atom is -0.300 e. The van der Waals surface area contributed by atoms with Crippen LogP contribution in [0.25, 0.3) is 10.8 Å². The van der Waals surface area contributed by atoms with E-state index < -0.39 is 0 Å². The zero-order valence-corrected chi connectivity index (χ0v) is 15.8. The highest BCUT2D eigenvalue weighted by Crippen LogP contribution is 2.25. The Labute approximate surface area is 160 Å². The summed E-state index contributed by atoms with van der Waals surface area (Å²) in [5.74, 6) is 0. The molecule has 0 aliphatic rings. The van der Waals surface area contributed by atoms with E-state index in [0.717, 1.165) is 23.1 Å². The van der Waals surface area contributed by atoms with Gasteiger partial charge in [0, 0.05) is 11.1 Å². The summed E-state index contributed by atoms with van der Waals surface area (Å²) in [7, 11) is 0. The van der Waals surface area contributed by atoms with Crippen LogP contribution in [-0.2, 0) is 6.42 Å². The van der Waals surface area contributed by atoms with E-state index in [9.17, 15) is 0 Å². The molecule has 0 aliphatic heterocycles. The Balaban J connectivity index is 1.76. The lowest BCUT2D eigenvalue weighted by Crippen LogP contribution is -2.08. The molecule has 0 atom stereocenters. The fourth-order valence-corrected chi connectivity index (χ4v) is 3.81. The molecule has 4 rings (SSSR count). The van der Waals surface area contributed by atoms with Gasteiger partial charge < -0.3 is 0 Å². The minimum absolute atomic E-state index is 0.600. The summed E-state index contributed by atoms with van der Waals surface area (Å²) in [5.41, 5.74) is 7.49. The average Bonchev–Trinajstić information content (AvgIpc) is 2.68. The van der Waals surface area contributed by atoms with Crippen molar-refractivity contribution in [1.29, 1.82) is 5.41 Å². The summed E-state index contributed by atoms with van der Waals surface area (Å²) in [6.45, 7) is 4.18. The van der Waals surface area contributed by atoms with E-state index in [4.69, 9.17) is 5.41 Å². The third kappa shape index (κ3) is 3.41. The van der Waals surface area contributed by atoms with E-state index in [2.05, 4.69) is 92.7 Å². The van der Waals surface area contributed by atoms with Gasteiger partial charge in [0.25, 0.3) is 0 Å². The van der Waals surface area contributed by atoms with Gasteiger partial charge in [-0.15, -0.1) is 0 Å². The molecule has 0 aliphatic carbocycles. The highest BCUT2D eigenvalue weighted by atomic mass is 14.4. The van der Waals surface area contributed by atoms with Crippen LogP contribution in [0.3, 0.4) is 0 Å². The fraction of sp³-hybridized carbons (Fsp3) is 0.115. The number of rotatable bonds is 4. The van der Waals surface area contributed by atoms with Gasteiger partial charge in [0.15, 0.2) is 0 Å². The molecule has 0 heterocycles. The number of hydrogen-bond donors (Lipinski definition) is 1. The second kappa shape index (κ2) is 7.20. The molecule has 0 aromatic heterocycles. The maximum absolute atomic E-state index is 8.85. The second-order valence-electron chi connectivity index (χ2n) is 7.17. The minimum atomic E-state index is 0.600. The first-order chi connectivity index (χ1) is 13.1. The number of hydrogen-bond acceptors (Lipinski definition) is 1. The molecule has 0 unspecified atom stereocenters. The Morgan fingerprint density at radius 1 is 0.704 bits per heavy atom. The lowest BCUT2D eigenvalue weighted by molar-refractivity contribution is 1.20. The van der Waals surface area contributed by atoms with Crippen LogP contribution in [0, 0.1) is 19.3 Å². The Kier molecular flexibility index (Phi) is 4.60. The van der Waals surface area contributed by atoms with Crippen molar-refractivity contribution in [3.8, 4) is 0 Å². The average molecular weight is 349 g/mol. The summed E-state index contributed by atoms with van der Waals surface area (Å²) in [6.07, 6.45) is 0.824. The molecule has 4 aromatic rings. The molecule has 1 heteroatoms. The van der Waals surface area contributed by atoms with Gasteiger partial charge in [0.05, 0.1) is 5.71 Å². The lowest BCUT2D eigenvalue weighted by Gasteiger charge is -2.14. The van der Waals surface area contributed by atoms with Crippen LogP contribution in [0.15, 0.2) is 84.9 Å². The molecule has 0 bridgehead atoms. The monoisotopic (exact) mass is 349 g/mol. The highest BCUT2D eigenvalue weighted by Gasteiger charge is 2.13. The molecule has 4 aromatic carbocycles. The molecule has 0 radical (unpaired) electrons. The molecule has 27 heavy (non-hydrogen) atoms. The molecular weight excluding hydrogens is 326 g/mol. The zero-order chi connectivity index (χ0) is 18.8. The molecule has 0 fully saturated rings. The van der Waals surface area contributed by atoms with Crippen LogP contribution in [0.2, 0.25) is 0 Å². The number of nitrogens with one attached hydrogen (secondary N) is 1. The van der Waals surface area contributed by atoms with E-state index in [1.54, 1.807) is 0 Å². The van der Waals surface area contributed by atoms with Gasteiger partial charge >= 0.3 is 0 Å². The Morgan fingerprint density at radius 2 is 1.41 bits per heavy atom. The first-order valence-electron chi connectivity index (χ1n) is 9.34. The van der Waals surface area contributed by atoms with Gasteiger partial charge in [0.2, 0.25) is 0 Å². The van der Waals surface area contributed by atoms with Crippen molar-refractivity contribution >= 4 is 16.5 Å². The Hall–Kier alpha value is -3.19. The maximum atomic E-state index is 8.85. The van der Waals surface area contributed by atoms with Gasteiger partial charge in [-0.25, -0.2) is 0 Å². The van der Waals surface area contributed by atoms with E-state index in [1.165, 1.54) is 27.5 Å². The topological polar surface area (TPSA) is 23.9 Å². The predicted molar refractivity (Wildman–Crippen MR) is 115 cm³/mol. The fourth-order valence-electron chi connectivity index (χ4n) is 3.81. The molecule has 132 valence electrons. The molecule has 0 spiro atoms. The summed E-state index contributed by atoms with van der Waals surface area (Å²) in [5, 5.41) is 11.4. The lowest BCUT2D eigenvalue weighted by atomic mass is 9.90. The van der Waals surface area contributed by atoms with Crippen molar-refractivity contribution in [3.05, 3.63) is 118 Å². The van der Waals surface area contributed by atoms with E-state index in [0.29, 0.717) is 5.71 Å². The van der Waals surface area contributed by atoms with E-state index in [1.807, 2.05) is 6.07 Å². The van der Waals surface area contributed by atoms with Crippen molar-refractivity contribution in [2.45, 2.75) is 20.3 Å². The summed E-state index contributed by atoms with van der Waals surface area (Å²) in [6, 6.07) is 29.6. The van der Waals surface area contributed by atoms with Crippen LogP contribution in [-0.4, -0.2) is 5.71 Å². The molecule has 0 saturated carbocycles. The third-order valence-electron chi connectivity index (χ3n) is 5.20. The van der Waals surface area contributed by atoms with Crippen LogP contribution in [0.1, 0.15) is 33.4 Å². The van der Waals surface area contributed by atoms with Crippen molar-refractivity contribution in [1.82, 2.24) is 0 Å². The third-order valence-corrected chi connectivity index (χ3v) is 5.20. The smallest absolute Gasteiger partial charge is 0.0690 e. The van der Waals surface area contributed by atoms with Crippen LogP contribution in [0.4, 0.5) is 0 Å². The first kappa shape index (κ1) is 17.2. The second-order valence-corrected chi connectivity index (χ2v) is 7.17. The van der Waals surface area contributed by atoms with Crippen molar-refractivity contribution in [2.24, 2.45) is 0 Å². The maximum Gasteiger partial charge on any atom is 0.0690 e. The molecular formula is C26H23N. The van der Waals surface area contributed by atoms with Gasteiger partial charge in [-0.3, -0.25) is 5.41 Å². The summed E-state index contributed by atoms with van der Waals surface area (Å²) < 4.78 is 0. The van der Waals surface area contributed by atoms with E-state index in [-0.39, 0.29) is 0 Å². The predicted octanol–water partition coefficient (Wildman–Crippen LogP) is 6.46. The standard InChI is InChI=1S/C26H23N/c1-18-14-15-23(19(2)16-18)26(27)25-13-6-4-9-22(25)17-21-11-7-10-20-8-3-5-12-24(20)21/h3-16,27H,17H2,1-2H3. The molecule has 1 nitrogen and oxygen atoms in total. The summed E-state index contributed by atoms with van der Waals surface area (Å²) >= 11 is 0. The molecule has 1 N–H and O–H groups in total. The SMILES string of the molecule is Cc1ccc(C(=N)c2ccccc2Cc2cccc3ccccc23)c(C)c1. The van der Waals surface area contributed by atoms with Crippen molar-refractivity contribution in [3.63, 3.8) is 0 Å². The van der Waals surface area contributed by atoms with Gasteiger partial charge in [-0.2, -0.15) is 0 Å². The van der Waals surface area contributed by atoms with Gasteiger partial charge in [-0.1, -0.05) is 90.5 Å². The van der Waals surface area contributed by atoms with Crippen molar-refractivity contribution in [2.75, 3.05) is 0 Å². The van der Waals surface area contributed by atoms with E-state index >= 15 is 0 Å². The Morgan fingerprint density at radius 3 is 2.26 bits per heavy atom. The van der Waals surface area contributed by atoms with Crippen molar-refractivity contribution < 1.29 is 0 Å². The largest absolute Gasteiger partial charge is 0.300 e. The normalized spacial score (nSPS) is 10.9. The van der Waals surface area contributed by atoms with Crippen LogP contribution < -0.4 is 0 Å². The van der Waals surface area contributed by atoms with Crippen LogP contribution in [0.5, 0.6) is 0 Å². The molecule has 0 amide bonds. The highest BCUT2D eigenvalue weighted by molar-refractivity contribution is 6.12. The Bertz CT molecular complexity index is 1130. The zero-order valence-electron chi connectivity index (χ0n) is 15.8. The summed E-state index contributed by atoms with van der Waals surface area (Å²) in [4.78, 5) is 0. The van der Waals surface area contributed by atoms with Crippen LogP contribution >= 0.6 is 0 Å².